The van der Waals surface area contributed by atoms with Crippen molar-refractivity contribution in [3.05, 3.63) is 120 Å². The molecule has 0 saturated carbocycles. The van der Waals surface area contributed by atoms with Crippen LogP contribution in [0.2, 0.25) is 0 Å². The Morgan fingerprint density at radius 1 is 0.561 bits per heavy atom. The minimum Gasteiger partial charge on any atom is -0.399 e. The standard InChI is InChI=1S/2C10H10F2NS2.2C5H5.Ti/c2*11-6-1-2-8(7(12)5-6)13-9(14)3-4-10(13)15;2*1-2-4-5-3-1;/h2*1-2,9-10,14-15H,3-4H2;2*1-5H;/q4*-1;+4. The largest absolute Gasteiger partial charge is 4.00 e. The fourth-order valence-corrected chi connectivity index (χ4v) is 6.05. The summed E-state index contributed by atoms with van der Waals surface area (Å²) in [5.41, 5.74) is 0.628. The van der Waals surface area contributed by atoms with Gasteiger partial charge in [-0.3, -0.25) is 0 Å². The Kier molecular flexibility index (Phi) is 16.0. The van der Waals surface area contributed by atoms with Crippen LogP contribution >= 0.6 is 50.5 Å². The van der Waals surface area contributed by atoms with Crippen molar-refractivity contribution < 1.29 is 39.3 Å². The van der Waals surface area contributed by atoms with Gasteiger partial charge in [0.05, 0.1) is 21.5 Å². The van der Waals surface area contributed by atoms with E-state index in [1.165, 1.54) is 24.3 Å². The molecule has 0 spiro atoms. The molecule has 4 aromatic rings. The first-order chi connectivity index (χ1) is 19.2. The topological polar surface area (TPSA) is 6.48 Å². The number of thiol groups is 4. The molecule has 6 rings (SSSR count). The zero-order chi connectivity index (χ0) is 29.1. The third-order valence-corrected chi connectivity index (χ3v) is 8.03. The summed E-state index contributed by atoms with van der Waals surface area (Å²) in [6, 6.07) is 29.2. The summed E-state index contributed by atoms with van der Waals surface area (Å²) >= 11 is 17.3. The van der Waals surface area contributed by atoms with Crippen LogP contribution in [0.1, 0.15) is 25.7 Å². The molecule has 4 unspecified atom stereocenters. The van der Waals surface area contributed by atoms with Gasteiger partial charge in [0.15, 0.2) is 0 Å². The van der Waals surface area contributed by atoms with E-state index < -0.39 is 23.3 Å². The Balaban J connectivity index is 0.000000211. The van der Waals surface area contributed by atoms with Gasteiger partial charge in [-0.25, -0.2) is 41.8 Å². The van der Waals surface area contributed by atoms with Crippen LogP contribution in [0.3, 0.4) is 0 Å². The van der Waals surface area contributed by atoms with E-state index in [1.807, 2.05) is 72.8 Å². The summed E-state index contributed by atoms with van der Waals surface area (Å²) in [6.45, 7) is 0. The fraction of sp³-hybridized carbons (Fsp3) is 0.267. The molecule has 4 aromatic carbocycles. The van der Waals surface area contributed by atoms with Gasteiger partial charge in [0, 0.05) is 23.3 Å². The van der Waals surface area contributed by atoms with Crippen LogP contribution in [0.15, 0.2) is 84.9 Å². The zero-order valence-electron chi connectivity index (χ0n) is 21.9. The number of hydrogen-bond acceptors (Lipinski definition) is 6. The molecule has 2 saturated heterocycles. The molecule has 0 N–H and O–H groups in total. The van der Waals surface area contributed by atoms with E-state index in [0.717, 1.165) is 25.7 Å². The van der Waals surface area contributed by atoms with Gasteiger partial charge in [-0.2, -0.15) is 86.9 Å². The van der Waals surface area contributed by atoms with E-state index in [1.54, 1.807) is 9.80 Å². The minimum atomic E-state index is -0.693. The quantitative estimate of drug-likeness (QED) is 0.0735. The molecule has 0 radical (unpaired) electrons. The smallest absolute Gasteiger partial charge is 0.399 e. The molecular weight excluding hydrogens is 640 g/mol. The molecule has 2 fully saturated rings. The first-order valence-corrected chi connectivity index (χ1v) is 14.6. The molecule has 4 atom stereocenters. The van der Waals surface area contributed by atoms with Crippen LogP contribution in [0.4, 0.5) is 28.9 Å². The summed E-state index contributed by atoms with van der Waals surface area (Å²) in [4.78, 5) is 3.47. The number of rotatable bonds is 2. The molecule has 0 bridgehead atoms. The molecule has 41 heavy (non-hydrogen) atoms. The van der Waals surface area contributed by atoms with E-state index in [9.17, 15) is 17.6 Å². The maximum atomic E-state index is 13.4. The second-order valence-corrected chi connectivity index (χ2v) is 11.2. The van der Waals surface area contributed by atoms with Crippen LogP contribution in [0, 0.1) is 35.4 Å². The summed E-state index contributed by atoms with van der Waals surface area (Å²) < 4.78 is 52.2. The molecule has 2 aliphatic rings. The van der Waals surface area contributed by atoms with E-state index in [2.05, 4.69) is 50.5 Å². The Morgan fingerprint density at radius 2 is 0.854 bits per heavy atom. The van der Waals surface area contributed by atoms with Gasteiger partial charge in [0.1, 0.15) is 0 Å². The number of anilines is 2. The van der Waals surface area contributed by atoms with Gasteiger partial charge < -0.3 is 9.80 Å². The average Bonchev–Trinajstić information content (AvgIpc) is 3.74. The summed E-state index contributed by atoms with van der Waals surface area (Å²) in [5, 5.41) is -0.275. The van der Waals surface area contributed by atoms with Crippen molar-refractivity contribution >= 4 is 61.9 Å². The van der Waals surface area contributed by atoms with Gasteiger partial charge >= 0.3 is 21.7 Å². The van der Waals surface area contributed by atoms with Crippen LogP contribution in [-0.2, 0) is 21.7 Å². The third-order valence-electron chi connectivity index (χ3n) is 6.00. The zero-order valence-corrected chi connectivity index (χ0v) is 27.1. The second kappa shape index (κ2) is 18.3. The monoisotopic (exact) mass is 670 g/mol. The van der Waals surface area contributed by atoms with Crippen molar-refractivity contribution in [3.63, 3.8) is 0 Å². The van der Waals surface area contributed by atoms with Crippen molar-refractivity contribution in [3.8, 4) is 0 Å². The second-order valence-electron chi connectivity index (χ2n) is 8.83. The average molecular weight is 671 g/mol. The van der Waals surface area contributed by atoms with E-state index in [-0.39, 0.29) is 43.2 Å². The number of benzene rings is 2. The summed E-state index contributed by atoms with van der Waals surface area (Å²) in [5.74, 6) is -2.76. The van der Waals surface area contributed by atoms with Crippen molar-refractivity contribution in [2.24, 2.45) is 0 Å². The van der Waals surface area contributed by atoms with Gasteiger partial charge in [-0.1, -0.05) is 0 Å². The van der Waals surface area contributed by atoms with Gasteiger partial charge in [0.2, 0.25) is 0 Å². The minimum absolute atomic E-state index is 0. The maximum absolute atomic E-state index is 13.4. The van der Waals surface area contributed by atoms with E-state index >= 15 is 0 Å². The van der Waals surface area contributed by atoms with Crippen LogP contribution < -0.4 is 9.80 Å². The van der Waals surface area contributed by atoms with Crippen molar-refractivity contribution in [2.75, 3.05) is 9.80 Å². The van der Waals surface area contributed by atoms with Crippen LogP contribution in [0.5, 0.6) is 0 Å². The maximum Gasteiger partial charge on any atom is 4.00 e. The molecule has 0 aliphatic carbocycles. The Bertz CT molecular complexity index is 1110. The molecular formula is C30H30F4N2S4Ti. The molecule has 0 amide bonds. The van der Waals surface area contributed by atoms with Crippen molar-refractivity contribution in [1.82, 2.24) is 0 Å². The molecule has 2 aliphatic heterocycles. The molecule has 216 valence electrons. The van der Waals surface area contributed by atoms with Crippen LogP contribution in [0.25, 0.3) is 0 Å². The van der Waals surface area contributed by atoms with Gasteiger partial charge in [0.25, 0.3) is 0 Å². The first kappa shape index (κ1) is 35.8. The fourth-order valence-electron chi connectivity index (χ4n) is 4.10. The predicted octanol–water partition coefficient (Wildman–Crippen LogP) is 8.56. The van der Waals surface area contributed by atoms with Gasteiger partial charge in [-0.05, 0) is 37.1 Å². The predicted molar refractivity (Wildman–Crippen MR) is 169 cm³/mol. The Hall–Kier alpha value is -1.43. The van der Waals surface area contributed by atoms with E-state index in [0.29, 0.717) is 11.4 Å². The Morgan fingerprint density at radius 3 is 1.07 bits per heavy atom. The molecule has 0 aromatic heterocycles. The van der Waals surface area contributed by atoms with Crippen molar-refractivity contribution in [1.29, 1.82) is 0 Å². The normalized spacial score (nSPS) is 21.0. The summed E-state index contributed by atoms with van der Waals surface area (Å²) in [6.07, 6.45) is 3.37. The molecule has 2 nitrogen and oxygen atoms in total. The molecule has 11 heteroatoms. The SMILES string of the molecule is Fc1[c-]c(F)c(N2C(S)CCC2S)cc1.Fc1[c-]c(F)c(N2C(S)CCC2S)cc1.[Ti+4].c1cc[cH-]c1.c1cc[cH-]c1. The number of halogens is 4. The van der Waals surface area contributed by atoms with Gasteiger partial charge in [-0.15, -0.1) is 36.4 Å². The molecule has 2 heterocycles. The number of hydrogen-bond donors (Lipinski definition) is 4. The van der Waals surface area contributed by atoms with Crippen LogP contribution in [-0.4, -0.2) is 21.5 Å². The summed E-state index contributed by atoms with van der Waals surface area (Å²) in [7, 11) is 0. The third kappa shape index (κ3) is 11.0. The van der Waals surface area contributed by atoms with E-state index in [4.69, 9.17) is 0 Å². The Labute approximate surface area is 276 Å². The number of nitrogens with zero attached hydrogens (tertiary/aromatic N) is 2. The van der Waals surface area contributed by atoms with Crippen molar-refractivity contribution in [2.45, 2.75) is 47.2 Å². The first-order valence-electron chi connectivity index (χ1n) is 12.6.